The lowest BCUT2D eigenvalue weighted by molar-refractivity contribution is 0.112. The molecule has 0 heterocycles. The Hall–Kier alpha value is -2.81. The maximum atomic E-state index is 11.1. The third-order valence-electron chi connectivity index (χ3n) is 3.38. The Bertz CT molecular complexity index is 779. The number of carbonyl (C=O) groups excluding carboxylic acids is 1. The molecule has 21 heavy (non-hydrogen) atoms. The van der Waals surface area contributed by atoms with E-state index < -0.39 is 0 Å². The molecule has 0 aliphatic rings. The first-order valence-electron chi connectivity index (χ1n) is 6.65. The monoisotopic (exact) mass is 278 g/mol. The number of fused-ring (bicyclic) bond motifs is 1. The van der Waals surface area contributed by atoms with Crippen LogP contribution >= 0.6 is 0 Å². The minimum Gasteiger partial charge on any atom is -0.507 e. The van der Waals surface area contributed by atoms with Gasteiger partial charge in [0.1, 0.15) is 18.1 Å². The standard InChI is InChI=1S/C18H14O3/c19-11-17-16-10-15(8-6-14(16)7-9-18(17)20)21-12-13-4-2-1-3-5-13/h1-11,20H,12H2. The van der Waals surface area contributed by atoms with Crippen molar-refractivity contribution < 1.29 is 14.6 Å². The first-order chi connectivity index (χ1) is 10.3. The number of aromatic hydroxyl groups is 1. The van der Waals surface area contributed by atoms with Crippen LogP contribution in [0.2, 0.25) is 0 Å². The Morgan fingerprint density at radius 2 is 1.76 bits per heavy atom. The smallest absolute Gasteiger partial charge is 0.154 e. The number of hydrogen-bond acceptors (Lipinski definition) is 3. The van der Waals surface area contributed by atoms with Crippen molar-refractivity contribution in [3.8, 4) is 11.5 Å². The van der Waals surface area contributed by atoms with Crippen molar-refractivity contribution in [2.45, 2.75) is 6.61 Å². The lowest BCUT2D eigenvalue weighted by Crippen LogP contribution is -1.95. The van der Waals surface area contributed by atoms with E-state index in [-0.39, 0.29) is 11.3 Å². The summed E-state index contributed by atoms with van der Waals surface area (Å²) in [5.41, 5.74) is 1.36. The van der Waals surface area contributed by atoms with Crippen molar-refractivity contribution in [3.05, 3.63) is 71.8 Å². The molecular formula is C18H14O3. The quantitative estimate of drug-likeness (QED) is 0.735. The predicted molar refractivity (Wildman–Crippen MR) is 81.8 cm³/mol. The second-order valence-corrected chi connectivity index (χ2v) is 4.77. The van der Waals surface area contributed by atoms with E-state index in [4.69, 9.17) is 4.74 Å². The molecule has 3 aromatic rings. The summed E-state index contributed by atoms with van der Waals surface area (Å²) in [7, 11) is 0. The normalized spacial score (nSPS) is 10.5. The van der Waals surface area contributed by atoms with E-state index in [9.17, 15) is 9.90 Å². The van der Waals surface area contributed by atoms with Gasteiger partial charge in [0, 0.05) is 0 Å². The molecule has 0 saturated carbocycles. The summed E-state index contributed by atoms with van der Waals surface area (Å²) in [5, 5.41) is 11.3. The highest BCUT2D eigenvalue weighted by Gasteiger charge is 2.07. The van der Waals surface area contributed by atoms with Crippen LogP contribution in [0.3, 0.4) is 0 Å². The highest BCUT2D eigenvalue weighted by atomic mass is 16.5. The van der Waals surface area contributed by atoms with Crippen molar-refractivity contribution >= 4 is 17.1 Å². The highest BCUT2D eigenvalue weighted by Crippen LogP contribution is 2.29. The molecule has 3 aromatic carbocycles. The van der Waals surface area contributed by atoms with Crippen molar-refractivity contribution in [1.29, 1.82) is 0 Å². The summed E-state index contributed by atoms with van der Waals surface area (Å²) >= 11 is 0. The lowest BCUT2D eigenvalue weighted by atomic mass is 10.0. The predicted octanol–water partition coefficient (Wildman–Crippen LogP) is 3.94. The number of hydrogen-bond donors (Lipinski definition) is 1. The maximum absolute atomic E-state index is 11.1. The molecule has 0 unspecified atom stereocenters. The Labute approximate surface area is 122 Å². The molecule has 0 amide bonds. The van der Waals surface area contributed by atoms with Gasteiger partial charge < -0.3 is 9.84 Å². The van der Waals surface area contributed by atoms with E-state index >= 15 is 0 Å². The molecule has 0 saturated heterocycles. The van der Waals surface area contributed by atoms with E-state index in [2.05, 4.69) is 0 Å². The van der Waals surface area contributed by atoms with Gasteiger partial charge in [0.15, 0.2) is 6.29 Å². The minimum atomic E-state index is -0.0160. The summed E-state index contributed by atoms with van der Waals surface area (Å²) in [6.07, 6.45) is 0.665. The first kappa shape index (κ1) is 13.2. The summed E-state index contributed by atoms with van der Waals surface area (Å²) in [6.45, 7) is 0.460. The molecule has 1 N–H and O–H groups in total. The third-order valence-corrected chi connectivity index (χ3v) is 3.38. The van der Waals surface area contributed by atoms with Crippen LogP contribution < -0.4 is 4.74 Å². The second-order valence-electron chi connectivity index (χ2n) is 4.77. The molecule has 0 aromatic heterocycles. The summed E-state index contributed by atoms with van der Waals surface area (Å²) in [6, 6.07) is 18.7. The molecular weight excluding hydrogens is 264 g/mol. The summed E-state index contributed by atoms with van der Waals surface area (Å²) in [4.78, 5) is 11.1. The Morgan fingerprint density at radius 3 is 2.52 bits per heavy atom. The van der Waals surface area contributed by atoms with Crippen LogP contribution in [0.4, 0.5) is 0 Å². The number of phenols is 1. The number of rotatable bonds is 4. The zero-order chi connectivity index (χ0) is 14.7. The summed E-state index contributed by atoms with van der Waals surface area (Å²) in [5.74, 6) is 0.651. The van der Waals surface area contributed by atoms with E-state index in [1.807, 2.05) is 42.5 Å². The Kier molecular flexibility index (Phi) is 3.56. The molecule has 3 nitrogen and oxygen atoms in total. The van der Waals surface area contributed by atoms with Gasteiger partial charge in [-0.1, -0.05) is 42.5 Å². The molecule has 0 spiro atoms. The van der Waals surface area contributed by atoms with Crippen LogP contribution in [-0.2, 0) is 6.61 Å². The molecule has 0 aliphatic heterocycles. The molecule has 3 rings (SSSR count). The van der Waals surface area contributed by atoms with Crippen LogP contribution in [0, 0.1) is 0 Å². The molecule has 0 radical (unpaired) electrons. The van der Waals surface area contributed by atoms with Crippen LogP contribution in [0.5, 0.6) is 11.5 Å². The summed E-state index contributed by atoms with van der Waals surface area (Å²) < 4.78 is 5.74. The van der Waals surface area contributed by atoms with Gasteiger partial charge in [-0.05, 0) is 34.5 Å². The Balaban J connectivity index is 1.91. The second kappa shape index (κ2) is 5.67. The van der Waals surface area contributed by atoms with Crippen molar-refractivity contribution in [2.75, 3.05) is 0 Å². The largest absolute Gasteiger partial charge is 0.507 e. The first-order valence-corrected chi connectivity index (χ1v) is 6.65. The van der Waals surface area contributed by atoms with Crippen LogP contribution in [0.15, 0.2) is 60.7 Å². The maximum Gasteiger partial charge on any atom is 0.154 e. The van der Waals surface area contributed by atoms with Crippen LogP contribution in [0.1, 0.15) is 15.9 Å². The topological polar surface area (TPSA) is 46.5 Å². The van der Waals surface area contributed by atoms with Crippen molar-refractivity contribution in [3.63, 3.8) is 0 Å². The number of benzene rings is 3. The molecule has 0 aliphatic carbocycles. The molecule has 104 valence electrons. The van der Waals surface area contributed by atoms with E-state index in [1.165, 1.54) is 6.07 Å². The van der Waals surface area contributed by atoms with Crippen LogP contribution in [-0.4, -0.2) is 11.4 Å². The van der Waals surface area contributed by atoms with Crippen molar-refractivity contribution in [1.82, 2.24) is 0 Å². The van der Waals surface area contributed by atoms with Gasteiger partial charge in [0.25, 0.3) is 0 Å². The molecule has 0 atom stereocenters. The van der Waals surface area contributed by atoms with E-state index in [0.717, 1.165) is 10.9 Å². The molecule has 0 fully saturated rings. The Morgan fingerprint density at radius 1 is 1.00 bits per heavy atom. The van der Waals surface area contributed by atoms with Crippen molar-refractivity contribution in [2.24, 2.45) is 0 Å². The van der Waals surface area contributed by atoms with E-state index in [1.54, 1.807) is 12.1 Å². The van der Waals surface area contributed by atoms with E-state index in [0.29, 0.717) is 24.0 Å². The van der Waals surface area contributed by atoms with Gasteiger partial charge in [-0.3, -0.25) is 4.79 Å². The minimum absolute atomic E-state index is 0.0160. The van der Waals surface area contributed by atoms with Gasteiger partial charge >= 0.3 is 0 Å². The number of carbonyl (C=O) groups is 1. The van der Waals surface area contributed by atoms with Crippen LogP contribution in [0.25, 0.3) is 10.8 Å². The molecule has 3 heteroatoms. The zero-order valence-corrected chi connectivity index (χ0v) is 11.3. The number of ether oxygens (including phenoxy) is 1. The SMILES string of the molecule is O=Cc1c(O)ccc2ccc(OCc3ccccc3)cc12. The van der Waals surface area contributed by atoms with Gasteiger partial charge in [-0.15, -0.1) is 0 Å². The fraction of sp³-hybridized carbons (Fsp3) is 0.0556. The number of phenolic OH excluding ortho intramolecular Hbond substituents is 1. The lowest BCUT2D eigenvalue weighted by Gasteiger charge is -2.09. The van der Waals surface area contributed by atoms with Gasteiger partial charge in [0.2, 0.25) is 0 Å². The average molecular weight is 278 g/mol. The van der Waals surface area contributed by atoms with Gasteiger partial charge in [-0.25, -0.2) is 0 Å². The molecule has 0 bridgehead atoms. The fourth-order valence-electron chi connectivity index (χ4n) is 2.26. The highest BCUT2D eigenvalue weighted by molar-refractivity contribution is 6.01. The fourth-order valence-corrected chi connectivity index (χ4v) is 2.26. The van der Waals surface area contributed by atoms with Gasteiger partial charge in [-0.2, -0.15) is 0 Å². The number of aldehydes is 1. The zero-order valence-electron chi connectivity index (χ0n) is 11.3. The van der Waals surface area contributed by atoms with Gasteiger partial charge in [0.05, 0.1) is 5.56 Å². The average Bonchev–Trinajstić information content (AvgIpc) is 2.53. The third kappa shape index (κ3) is 2.72.